The third kappa shape index (κ3) is 2.07. The lowest BCUT2D eigenvalue weighted by atomic mass is 9.96. The molecule has 1 unspecified atom stereocenters. The molecule has 5 rings (SSSR count). The molecule has 0 saturated heterocycles. The van der Waals surface area contributed by atoms with Crippen LogP contribution in [0.5, 0.6) is 0 Å². The van der Waals surface area contributed by atoms with Crippen LogP contribution in [0.2, 0.25) is 0 Å². The van der Waals surface area contributed by atoms with Gasteiger partial charge in [-0.15, -0.1) is 0 Å². The molecule has 122 valence electrons. The van der Waals surface area contributed by atoms with Gasteiger partial charge in [0, 0.05) is 40.2 Å². The zero-order chi connectivity index (χ0) is 17.0. The number of benzene rings is 2. The number of aromatic nitrogens is 2. The maximum atomic E-state index is 14.7. The Kier molecular flexibility index (Phi) is 2.95. The van der Waals surface area contributed by atoms with Crippen LogP contribution in [0.1, 0.15) is 22.7 Å². The molecule has 0 aliphatic carbocycles. The molecular formula is C21H16FN3. The minimum absolute atomic E-state index is 0.198. The number of para-hydroxylation sites is 1. The van der Waals surface area contributed by atoms with Crippen molar-refractivity contribution in [2.45, 2.75) is 13.0 Å². The summed E-state index contributed by atoms with van der Waals surface area (Å²) in [6, 6.07) is 15.3. The Morgan fingerprint density at radius 3 is 2.76 bits per heavy atom. The molecule has 4 heteroatoms. The number of H-pyrrole nitrogens is 1. The van der Waals surface area contributed by atoms with Crippen LogP contribution >= 0.6 is 0 Å². The monoisotopic (exact) mass is 329 g/mol. The SMILES string of the molecule is Cc1ccc(C2Nc3ccccc3-c3ccnc4[nH]cc2c34)c(F)c1. The van der Waals surface area contributed by atoms with E-state index in [9.17, 15) is 4.39 Å². The van der Waals surface area contributed by atoms with Gasteiger partial charge in [0.15, 0.2) is 0 Å². The highest BCUT2D eigenvalue weighted by atomic mass is 19.1. The number of halogens is 1. The Bertz CT molecular complexity index is 1110. The number of nitrogens with zero attached hydrogens (tertiary/aromatic N) is 1. The lowest BCUT2D eigenvalue weighted by molar-refractivity contribution is 0.604. The van der Waals surface area contributed by atoms with Gasteiger partial charge in [-0.3, -0.25) is 0 Å². The zero-order valence-corrected chi connectivity index (χ0v) is 13.7. The van der Waals surface area contributed by atoms with E-state index in [1.54, 1.807) is 6.07 Å². The molecule has 25 heavy (non-hydrogen) atoms. The van der Waals surface area contributed by atoms with E-state index in [1.807, 2.05) is 55.7 Å². The first-order valence-corrected chi connectivity index (χ1v) is 8.30. The summed E-state index contributed by atoms with van der Waals surface area (Å²) >= 11 is 0. The number of aromatic amines is 1. The number of pyridine rings is 1. The van der Waals surface area contributed by atoms with E-state index in [0.717, 1.165) is 39.0 Å². The first-order chi connectivity index (χ1) is 12.2. The maximum absolute atomic E-state index is 14.7. The van der Waals surface area contributed by atoms with Crippen molar-refractivity contribution in [3.8, 4) is 11.1 Å². The van der Waals surface area contributed by atoms with Gasteiger partial charge >= 0.3 is 0 Å². The second-order valence-corrected chi connectivity index (χ2v) is 6.47. The topological polar surface area (TPSA) is 40.7 Å². The molecular weight excluding hydrogens is 313 g/mol. The van der Waals surface area contributed by atoms with Crippen molar-refractivity contribution in [2.75, 3.05) is 5.32 Å². The average Bonchev–Trinajstić information content (AvgIpc) is 2.98. The fourth-order valence-corrected chi connectivity index (χ4v) is 3.72. The first-order valence-electron chi connectivity index (χ1n) is 8.30. The van der Waals surface area contributed by atoms with Gasteiger partial charge in [-0.25, -0.2) is 9.37 Å². The fraction of sp³-hybridized carbons (Fsp3) is 0.0952. The highest BCUT2D eigenvalue weighted by molar-refractivity contribution is 6.01. The van der Waals surface area contributed by atoms with Crippen molar-refractivity contribution in [3.05, 3.63) is 83.4 Å². The predicted octanol–water partition coefficient (Wildman–Crippen LogP) is 5.19. The number of hydrogen-bond donors (Lipinski definition) is 2. The van der Waals surface area contributed by atoms with Crippen LogP contribution in [0.3, 0.4) is 0 Å². The number of fused-ring (bicyclic) bond motifs is 2. The number of hydrogen-bond acceptors (Lipinski definition) is 2. The van der Waals surface area contributed by atoms with Crippen LogP contribution in [0, 0.1) is 12.7 Å². The van der Waals surface area contributed by atoms with Gasteiger partial charge in [-0.05, 0) is 36.2 Å². The van der Waals surface area contributed by atoms with Crippen molar-refractivity contribution in [1.82, 2.24) is 9.97 Å². The van der Waals surface area contributed by atoms with E-state index in [2.05, 4.69) is 21.4 Å². The summed E-state index contributed by atoms with van der Waals surface area (Å²) < 4.78 is 14.7. The first kappa shape index (κ1) is 14.2. The van der Waals surface area contributed by atoms with E-state index >= 15 is 0 Å². The van der Waals surface area contributed by atoms with E-state index < -0.39 is 0 Å². The molecule has 0 saturated carbocycles. The predicted molar refractivity (Wildman–Crippen MR) is 98.1 cm³/mol. The van der Waals surface area contributed by atoms with Gasteiger partial charge < -0.3 is 10.3 Å². The average molecular weight is 329 g/mol. The Balaban J connectivity index is 1.85. The summed E-state index contributed by atoms with van der Waals surface area (Å²) in [5, 5.41) is 4.59. The molecule has 0 fully saturated rings. The second-order valence-electron chi connectivity index (χ2n) is 6.47. The van der Waals surface area contributed by atoms with Gasteiger partial charge in [-0.1, -0.05) is 30.3 Å². The van der Waals surface area contributed by atoms with Crippen LogP contribution in [-0.2, 0) is 0 Å². The minimum Gasteiger partial charge on any atom is -0.373 e. The third-order valence-electron chi connectivity index (χ3n) is 4.90. The molecule has 1 atom stereocenters. The Morgan fingerprint density at radius 2 is 1.88 bits per heavy atom. The quantitative estimate of drug-likeness (QED) is 0.504. The molecule has 0 radical (unpaired) electrons. The molecule has 3 heterocycles. The van der Waals surface area contributed by atoms with Crippen LogP contribution in [0.25, 0.3) is 22.2 Å². The van der Waals surface area contributed by atoms with Gasteiger partial charge in [0.25, 0.3) is 0 Å². The molecule has 3 nitrogen and oxygen atoms in total. The highest BCUT2D eigenvalue weighted by Crippen LogP contribution is 2.43. The third-order valence-corrected chi connectivity index (χ3v) is 4.90. The highest BCUT2D eigenvalue weighted by Gasteiger charge is 2.27. The van der Waals surface area contributed by atoms with Crippen LogP contribution < -0.4 is 5.32 Å². The number of anilines is 1. The van der Waals surface area contributed by atoms with Gasteiger partial charge in [-0.2, -0.15) is 0 Å². The Hall–Kier alpha value is -3.14. The standard InChI is InChI=1S/C21H16FN3/c1-12-6-7-15(17(22)10-12)20-16-11-24-21-19(16)14(8-9-23-21)13-4-2-3-5-18(13)25-20/h2-11,20,25H,1H3,(H,23,24). The Labute approximate surface area is 144 Å². The van der Waals surface area contributed by atoms with Crippen molar-refractivity contribution in [3.63, 3.8) is 0 Å². The second kappa shape index (κ2) is 5.18. The van der Waals surface area contributed by atoms with Gasteiger partial charge in [0.05, 0.1) is 6.04 Å². The molecule has 0 amide bonds. The molecule has 0 bridgehead atoms. The van der Waals surface area contributed by atoms with E-state index in [4.69, 9.17) is 0 Å². The van der Waals surface area contributed by atoms with Crippen molar-refractivity contribution >= 4 is 16.7 Å². The van der Waals surface area contributed by atoms with E-state index in [-0.39, 0.29) is 11.9 Å². The summed E-state index contributed by atoms with van der Waals surface area (Å²) in [6.07, 6.45) is 3.74. The molecule has 1 aliphatic heterocycles. The number of aryl methyl sites for hydroxylation is 1. The summed E-state index contributed by atoms with van der Waals surface area (Å²) in [6.45, 7) is 1.90. The smallest absolute Gasteiger partial charge is 0.138 e. The fourth-order valence-electron chi connectivity index (χ4n) is 3.72. The molecule has 2 N–H and O–H groups in total. The maximum Gasteiger partial charge on any atom is 0.138 e. The molecule has 2 aromatic carbocycles. The largest absolute Gasteiger partial charge is 0.373 e. The Morgan fingerprint density at radius 1 is 1.00 bits per heavy atom. The molecule has 2 aromatic heterocycles. The zero-order valence-electron chi connectivity index (χ0n) is 13.7. The summed E-state index contributed by atoms with van der Waals surface area (Å²) in [4.78, 5) is 7.68. The van der Waals surface area contributed by atoms with Crippen LogP contribution in [0.15, 0.2) is 60.9 Å². The van der Waals surface area contributed by atoms with E-state index in [1.165, 1.54) is 0 Å². The summed E-state index contributed by atoms with van der Waals surface area (Å²) in [7, 11) is 0. The minimum atomic E-state index is -0.277. The van der Waals surface area contributed by atoms with Crippen LogP contribution in [0.4, 0.5) is 10.1 Å². The normalized spacial score (nSPS) is 15.5. The summed E-state index contributed by atoms with van der Waals surface area (Å²) in [5.41, 5.74) is 6.59. The molecule has 1 aliphatic rings. The summed E-state index contributed by atoms with van der Waals surface area (Å²) in [5.74, 6) is -0.198. The lowest BCUT2D eigenvalue weighted by Crippen LogP contribution is -2.13. The number of nitrogens with one attached hydrogen (secondary N) is 2. The van der Waals surface area contributed by atoms with Crippen molar-refractivity contribution < 1.29 is 4.39 Å². The lowest BCUT2D eigenvalue weighted by Gasteiger charge is -2.20. The van der Waals surface area contributed by atoms with Crippen molar-refractivity contribution in [2.24, 2.45) is 0 Å². The van der Waals surface area contributed by atoms with Crippen LogP contribution in [-0.4, -0.2) is 9.97 Å². The van der Waals surface area contributed by atoms with E-state index in [0.29, 0.717) is 5.56 Å². The number of rotatable bonds is 1. The van der Waals surface area contributed by atoms with Crippen molar-refractivity contribution in [1.29, 1.82) is 0 Å². The van der Waals surface area contributed by atoms with Gasteiger partial charge in [0.2, 0.25) is 0 Å². The molecule has 4 aromatic rings. The van der Waals surface area contributed by atoms with Gasteiger partial charge in [0.1, 0.15) is 11.5 Å². The molecule has 0 spiro atoms.